The van der Waals surface area contributed by atoms with Crippen LogP contribution in [0.25, 0.3) is 88.0 Å². The highest BCUT2D eigenvalue weighted by Crippen LogP contribution is 2.50. The highest BCUT2D eigenvalue weighted by atomic mass is 15.0. The Morgan fingerprint density at radius 1 is 0.412 bits per heavy atom. The Kier molecular flexibility index (Phi) is 6.15. The van der Waals surface area contributed by atoms with E-state index in [-0.39, 0.29) is 0 Å². The van der Waals surface area contributed by atoms with Crippen LogP contribution in [0.2, 0.25) is 0 Å². The molecule has 1 heteroatoms. The van der Waals surface area contributed by atoms with E-state index in [1.165, 1.54) is 93.2 Å². The average Bonchev–Trinajstić information content (AvgIpc) is 3.55. The van der Waals surface area contributed by atoms with Crippen molar-refractivity contribution < 1.29 is 0 Å². The van der Waals surface area contributed by atoms with Crippen LogP contribution in [0.15, 0.2) is 182 Å². The number of allylic oxidation sites excluding steroid dienone is 5. The van der Waals surface area contributed by atoms with Crippen LogP contribution in [0.3, 0.4) is 0 Å². The molecule has 0 saturated heterocycles. The van der Waals surface area contributed by atoms with Gasteiger partial charge in [0.1, 0.15) is 0 Å². The largest absolute Gasteiger partial charge is 0.309 e. The van der Waals surface area contributed by atoms with E-state index in [0.29, 0.717) is 11.8 Å². The second-order valence-electron chi connectivity index (χ2n) is 13.9. The Balaban J connectivity index is 1.26. The third-order valence-corrected chi connectivity index (χ3v) is 11.3. The van der Waals surface area contributed by atoms with Crippen LogP contribution in [-0.2, 0) is 0 Å². The van der Waals surface area contributed by atoms with Crippen LogP contribution in [0.5, 0.6) is 0 Å². The van der Waals surface area contributed by atoms with Crippen LogP contribution in [0.1, 0.15) is 17.2 Å². The maximum Gasteiger partial charge on any atom is 0.0544 e. The fourth-order valence-electron chi connectivity index (χ4n) is 9.20. The lowest BCUT2D eigenvalue weighted by molar-refractivity contribution is 0.694. The molecule has 0 amide bonds. The summed E-state index contributed by atoms with van der Waals surface area (Å²) in [5.74, 6) is 0.642. The molecular weight excluding hydrogens is 615 g/mol. The predicted molar refractivity (Wildman–Crippen MR) is 218 cm³/mol. The zero-order valence-corrected chi connectivity index (χ0v) is 28.0. The van der Waals surface area contributed by atoms with Crippen LogP contribution >= 0.6 is 0 Å². The van der Waals surface area contributed by atoms with E-state index in [0.717, 1.165) is 0 Å². The SMILES string of the molecule is C1=CC2C=Cc3c(c4c5ccccc5ccc4n3-c3ccccc3-c3c4ccccc4c(-c4cccc5ccccc45)c4ccccc34)C2C=C1. The molecule has 0 bridgehead atoms. The van der Waals surface area contributed by atoms with Crippen molar-refractivity contribution in [3.05, 3.63) is 193 Å². The first kappa shape index (κ1) is 28.4. The Bertz CT molecular complexity index is 2920. The second kappa shape index (κ2) is 11.0. The third kappa shape index (κ3) is 4.09. The number of nitrogens with zero attached hydrogens (tertiary/aromatic N) is 1. The minimum atomic E-state index is 0.290. The van der Waals surface area contributed by atoms with Gasteiger partial charge in [-0.1, -0.05) is 170 Å². The second-order valence-corrected chi connectivity index (χ2v) is 13.9. The van der Waals surface area contributed by atoms with Crippen LogP contribution in [0.4, 0.5) is 0 Å². The van der Waals surface area contributed by atoms with Crippen LogP contribution in [-0.4, -0.2) is 4.57 Å². The van der Waals surface area contributed by atoms with E-state index in [4.69, 9.17) is 0 Å². The van der Waals surface area contributed by atoms with Gasteiger partial charge >= 0.3 is 0 Å². The summed E-state index contributed by atoms with van der Waals surface area (Å²) in [6.07, 6.45) is 13.9. The standard InChI is InChI=1S/C50H33N/c1-4-18-35-32(14-1)17-13-26-38(35)47-39-21-7-9-23-41(39)48(42-24-10-8-22-40(42)47)43-25-11-12-27-44(43)51-45-30-28-33-15-2-5-19-36(33)49(45)50-37-20-6-3-16-34(37)29-31-46(50)51/h1-31,33,36H. The fourth-order valence-corrected chi connectivity index (χ4v) is 9.20. The van der Waals surface area contributed by atoms with E-state index in [9.17, 15) is 0 Å². The van der Waals surface area contributed by atoms with E-state index in [2.05, 4.69) is 193 Å². The molecule has 2 unspecified atom stereocenters. The number of rotatable bonds is 3. The van der Waals surface area contributed by atoms with Gasteiger partial charge in [0.2, 0.25) is 0 Å². The molecule has 0 aliphatic heterocycles. The lowest BCUT2D eigenvalue weighted by Crippen LogP contribution is -2.14. The van der Waals surface area contributed by atoms with Gasteiger partial charge in [0.15, 0.2) is 0 Å². The summed E-state index contributed by atoms with van der Waals surface area (Å²) in [5.41, 5.74) is 10.2. The summed E-state index contributed by atoms with van der Waals surface area (Å²) in [6, 6.07) is 56.1. The Morgan fingerprint density at radius 3 is 1.71 bits per heavy atom. The molecule has 51 heavy (non-hydrogen) atoms. The van der Waals surface area contributed by atoms with Gasteiger partial charge in [-0.2, -0.15) is 0 Å². The summed E-state index contributed by atoms with van der Waals surface area (Å²) in [7, 11) is 0. The minimum Gasteiger partial charge on any atom is -0.309 e. The van der Waals surface area contributed by atoms with Gasteiger partial charge in [0.05, 0.1) is 16.9 Å². The zero-order chi connectivity index (χ0) is 33.5. The molecule has 1 heterocycles. The zero-order valence-electron chi connectivity index (χ0n) is 28.0. The molecule has 0 fully saturated rings. The topological polar surface area (TPSA) is 4.93 Å². The quantitative estimate of drug-likeness (QED) is 0.168. The maximum atomic E-state index is 2.55. The molecule has 2 aliphatic rings. The number of benzene rings is 8. The molecule has 238 valence electrons. The lowest BCUT2D eigenvalue weighted by Gasteiger charge is -2.27. The van der Waals surface area contributed by atoms with Crippen molar-refractivity contribution in [3.63, 3.8) is 0 Å². The highest BCUT2D eigenvalue weighted by molar-refractivity contribution is 6.24. The summed E-state index contributed by atoms with van der Waals surface area (Å²) in [4.78, 5) is 0. The summed E-state index contributed by atoms with van der Waals surface area (Å²) >= 11 is 0. The first-order chi connectivity index (χ1) is 25.3. The summed E-state index contributed by atoms with van der Waals surface area (Å²) in [6.45, 7) is 0. The van der Waals surface area contributed by atoms with E-state index in [1.807, 2.05) is 0 Å². The minimum absolute atomic E-state index is 0.290. The van der Waals surface area contributed by atoms with Gasteiger partial charge in [-0.25, -0.2) is 0 Å². The lowest BCUT2D eigenvalue weighted by atomic mass is 9.78. The Morgan fingerprint density at radius 2 is 0.961 bits per heavy atom. The van der Waals surface area contributed by atoms with E-state index >= 15 is 0 Å². The van der Waals surface area contributed by atoms with Crippen molar-refractivity contribution in [1.82, 2.24) is 4.57 Å². The highest BCUT2D eigenvalue weighted by Gasteiger charge is 2.31. The van der Waals surface area contributed by atoms with Gasteiger partial charge in [0, 0.05) is 22.8 Å². The van der Waals surface area contributed by atoms with Gasteiger partial charge in [0.25, 0.3) is 0 Å². The molecule has 0 N–H and O–H groups in total. The molecule has 8 aromatic carbocycles. The monoisotopic (exact) mass is 647 g/mol. The predicted octanol–water partition coefficient (Wildman–Crippen LogP) is 13.4. The van der Waals surface area contributed by atoms with Crippen molar-refractivity contribution in [2.75, 3.05) is 0 Å². The Hall–Kier alpha value is -6.44. The van der Waals surface area contributed by atoms with E-state index < -0.39 is 0 Å². The van der Waals surface area contributed by atoms with E-state index in [1.54, 1.807) is 0 Å². The van der Waals surface area contributed by atoms with Gasteiger partial charge in [-0.05, 0) is 83.6 Å². The first-order valence-electron chi connectivity index (χ1n) is 18.0. The van der Waals surface area contributed by atoms with Crippen molar-refractivity contribution in [2.45, 2.75) is 5.92 Å². The number of para-hydroxylation sites is 1. The number of aromatic nitrogens is 1. The maximum absolute atomic E-state index is 2.55. The van der Waals surface area contributed by atoms with Gasteiger partial charge in [-0.15, -0.1) is 0 Å². The molecule has 0 spiro atoms. The van der Waals surface area contributed by atoms with Crippen LogP contribution in [0, 0.1) is 5.92 Å². The number of fused-ring (bicyclic) bond motifs is 10. The van der Waals surface area contributed by atoms with Crippen LogP contribution < -0.4 is 0 Å². The molecule has 11 rings (SSSR count). The summed E-state index contributed by atoms with van der Waals surface area (Å²) in [5, 5.41) is 11.5. The third-order valence-electron chi connectivity index (χ3n) is 11.3. The molecule has 1 nitrogen and oxygen atoms in total. The Labute approximate surface area is 296 Å². The van der Waals surface area contributed by atoms with Gasteiger partial charge < -0.3 is 4.57 Å². The van der Waals surface area contributed by atoms with Crippen molar-refractivity contribution in [2.24, 2.45) is 5.92 Å². The normalized spacial score (nSPS) is 16.4. The van der Waals surface area contributed by atoms with Gasteiger partial charge in [-0.3, -0.25) is 0 Å². The molecule has 2 atom stereocenters. The molecule has 2 aliphatic carbocycles. The van der Waals surface area contributed by atoms with Crippen molar-refractivity contribution in [3.8, 4) is 27.9 Å². The molecule has 9 aromatic rings. The van der Waals surface area contributed by atoms with Crippen molar-refractivity contribution in [1.29, 1.82) is 0 Å². The molecule has 1 aromatic heterocycles. The fraction of sp³-hybridized carbons (Fsp3) is 0.0400. The smallest absolute Gasteiger partial charge is 0.0544 e. The van der Waals surface area contributed by atoms with Crippen molar-refractivity contribution >= 4 is 60.1 Å². The summed E-state index contributed by atoms with van der Waals surface area (Å²) < 4.78 is 2.55. The first-order valence-corrected chi connectivity index (χ1v) is 18.0. The molecule has 0 saturated carbocycles. The number of hydrogen-bond donors (Lipinski definition) is 0. The molecule has 0 radical (unpaired) electrons. The molecular formula is C50H33N. The number of hydrogen-bond acceptors (Lipinski definition) is 0. The average molecular weight is 648 g/mol.